The fraction of sp³-hybridized carbons (Fsp3) is 0.286. The Morgan fingerprint density at radius 1 is 1.29 bits per heavy atom. The zero-order valence-corrected chi connectivity index (χ0v) is 8.87. The fourth-order valence-corrected chi connectivity index (χ4v) is 1.46. The van der Waals surface area contributed by atoms with E-state index in [1.54, 1.807) is 0 Å². The lowest BCUT2D eigenvalue weighted by Crippen LogP contribution is -1.88. The normalized spacial score (nSPS) is 10.6. The number of unbranched alkanes of at least 4 members (excludes halogenated alkanes) is 1. The highest BCUT2D eigenvalue weighted by molar-refractivity contribution is 5.55. The van der Waals surface area contributed by atoms with Crippen molar-refractivity contribution in [2.45, 2.75) is 26.2 Å². The van der Waals surface area contributed by atoms with Gasteiger partial charge in [0, 0.05) is 0 Å². The molecule has 0 aliphatic heterocycles. The second-order valence-electron chi connectivity index (χ2n) is 3.40. The van der Waals surface area contributed by atoms with E-state index in [1.165, 1.54) is 30.4 Å². The van der Waals surface area contributed by atoms with Crippen LogP contribution in [0.1, 0.15) is 30.9 Å². The minimum absolute atomic E-state index is 1.17. The monoisotopic (exact) mass is 186 g/mol. The molecule has 0 bridgehead atoms. The molecule has 0 N–H and O–H groups in total. The first kappa shape index (κ1) is 10.8. The minimum atomic E-state index is 1.17. The summed E-state index contributed by atoms with van der Waals surface area (Å²) in [5.74, 6) is 0. The van der Waals surface area contributed by atoms with Gasteiger partial charge in [-0.1, -0.05) is 62.4 Å². The van der Waals surface area contributed by atoms with Gasteiger partial charge < -0.3 is 0 Å². The lowest BCUT2D eigenvalue weighted by Gasteiger charge is -2.04. The maximum Gasteiger partial charge on any atom is -0.0225 e. The molecule has 0 saturated heterocycles. The van der Waals surface area contributed by atoms with Gasteiger partial charge in [-0.3, -0.25) is 0 Å². The van der Waals surface area contributed by atoms with E-state index in [1.807, 2.05) is 12.2 Å². The summed E-state index contributed by atoms with van der Waals surface area (Å²) in [5.41, 5.74) is 2.76. The smallest absolute Gasteiger partial charge is 0.0225 e. The van der Waals surface area contributed by atoms with E-state index >= 15 is 0 Å². The molecule has 1 aromatic carbocycles. The van der Waals surface area contributed by atoms with Crippen molar-refractivity contribution in [3.8, 4) is 0 Å². The molecule has 1 rings (SSSR count). The topological polar surface area (TPSA) is 0 Å². The van der Waals surface area contributed by atoms with Crippen LogP contribution < -0.4 is 0 Å². The van der Waals surface area contributed by atoms with Gasteiger partial charge in [-0.2, -0.15) is 0 Å². The first-order chi connectivity index (χ1) is 6.88. The molecule has 0 aliphatic carbocycles. The van der Waals surface area contributed by atoms with Crippen LogP contribution in [0.5, 0.6) is 0 Å². The van der Waals surface area contributed by atoms with Crippen molar-refractivity contribution >= 4 is 6.08 Å². The number of rotatable bonds is 5. The Hall–Kier alpha value is -1.30. The summed E-state index contributed by atoms with van der Waals surface area (Å²) < 4.78 is 0. The second-order valence-corrected chi connectivity index (χ2v) is 3.40. The largest absolute Gasteiger partial charge is 0.0991 e. The number of hydrogen-bond donors (Lipinski definition) is 0. The summed E-state index contributed by atoms with van der Waals surface area (Å²) in [4.78, 5) is 0. The molecule has 1 aromatic rings. The zero-order valence-electron chi connectivity index (χ0n) is 8.87. The Morgan fingerprint density at radius 2 is 2.07 bits per heavy atom. The highest BCUT2D eigenvalue weighted by atomic mass is 14.0. The predicted molar refractivity (Wildman–Crippen MR) is 64.3 cm³/mol. The third-order valence-corrected chi connectivity index (χ3v) is 2.27. The lowest BCUT2D eigenvalue weighted by molar-refractivity contribution is 0.794. The summed E-state index contributed by atoms with van der Waals surface area (Å²) in [6, 6.07) is 8.55. The molecule has 0 aromatic heterocycles. The van der Waals surface area contributed by atoms with Crippen LogP contribution in [0, 0.1) is 0 Å². The van der Waals surface area contributed by atoms with Crippen molar-refractivity contribution in [2.24, 2.45) is 0 Å². The highest BCUT2D eigenvalue weighted by Crippen LogP contribution is 2.13. The molecule has 0 atom stereocenters. The number of benzene rings is 1. The van der Waals surface area contributed by atoms with Crippen molar-refractivity contribution in [1.82, 2.24) is 0 Å². The van der Waals surface area contributed by atoms with E-state index in [0.717, 1.165) is 0 Å². The number of allylic oxidation sites excluding steroid dienone is 2. The van der Waals surface area contributed by atoms with Gasteiger partial charge in [0.25, 0.3) is 0 Å². The Kier molecular flexibility index (Phi) is 4.77. The Balaban J connectivity index is 2.79. The summed E-state index contributed by atoms with van der Waals surface area (Å²) in [6.45, 7) is 5.91. The maximum absolute atomic E-state index is 3.68. The van der Waals surface area contributed by atoms with Gasteiger partial charge in [0.1, 0.15) is 0 Å². The van der Waals surface area contributed by atoms with Crippen molar-refractivity contribution in [1.29, 1.82) is 0 Å². The molecule has 0 aliphatic rings. The quantitative estimate of drug-likeness (QED) is 0.604. The van der Waals surface area contributed by atoms with Gasteiger partial charge in [0.15, 0.2) is 0 Å². The van der Waals surface area contributed by atoms with Crippen molar-refractivity contribution < 1.29 is 0 Å². The molecule has 74 valence electrons. The zero-order chi connectivity index (χ0) is 10.2. The molecule has 0 unspecified atom stereocenters. The van der Waals surface area contributed by atoms with Crippen LogP contribution in [-0.2, 0) is 6.42 Å². The van der Waals surface area contributed by atoms with E-state index in [2.05, 4.69) is 43.8 Å². The molecule has 0 saturated carbocycles. The first-order valence-electron chi connectivity index (χ1n) is 5.25. The van der Waals surface area contributed by atoms with E-state index in [9.17, 15) is 0 Å². The third kappa shape index (κ3) is 3.21. The van der Waals surface area contributed by atoms with Crippen LogP contribution in [-0.4, -0.2) is 0 Å². The summed E-state index contributed by atoms with van der Waals surface area (Å²) in [7, 11) is 0. The average molecular weight is 186 g/mol. The van der Waals surface area contributed by atoms with Gasteiger partial charge in [-0.05, 0) is 24.0 Å². The van der Waals surface area contributed by atoms with Gasteiger partial charge >= 0.3 is 0 Å². The maximum atomic E-state index is 3.68. The molecule has 0 heteroatoms. The number of aryl methyl sites for hydroxylation is 1. The van der Waals surface area contributed by atoms with Gasteiger partial charge in [-0.15, -0.1) is 0 Å². The van der Waals surface area contributed by atoms with Crippen molar-refractivity contribution in [2.75, 3.05) is 0 Å². The van der Waals surface area contributed by atoms with Crippen LogP contribution in [0.15, 0.2) is 43.0 Å². The lowest BCUT2D eigenvalue weighted by atomic mass is 10.0. The third-order valence-electron chi connectivity index (χ3n) is 2.27. The van der Waals surface area contributed by atoms with Crippen LogP contribution >= 0.6 is 0 Å². The van der Waals surface area contributed by atoms with Crippen molar-refractivity contribution in [3.05, 3.63) is 54.1 Å². The van der Waals surface area contributed by atoms with Crippen molar-refractivity contribution in [3.63, 3.8) is 0 Å². The average Bonchev–Trinajstić information content (AvgIpc) is 2.24. The summed E-state index contributed by atoms with van der Waals surface area (Å²) >= 11 is 0. The summed E-state index contributed by atoms with van der Waals surface area (Å²) in [5, 5.41) is 0. The van der Waals surface area contributed by atoms with E-state index in [-0.39, 0.29) is 0 Å². The molecular weight excluding hydrogens is 168 g/mol. The molecular formula is C14H18. The van der Waals surface area contributed by atoms with Gasteiger partial charge in [0.05, 0.1) is 0 Å². The van der Waals surface area contributed by atoms with E-state index in [0.29, 0.717) is 0 Å². The SMILES string of the molecule is C=C/C=C\c1ccccc1CCCC. The van der Waals surface area contributed by atoms with E-state index < -0.39 is 0 Å². The molecule has 0 nitrogen and oxygen atoms in total. The molecule has 0 spiro atoms. The molecule has 0 fully saturated rings. The standard InChI is InChI=1S/C14H18/c1-3-5-9-13-11-7-8-12-14(13)10-6-4-2/h3,5,7-9,11-12H,1,4,6,10H2,2H3/b9-5-. The Labute approximate surface area is 87.0 Å². The first-order valence-corrected chi connectivity index (χ1v) is 5.25. The number of hydrogen-bond acceptors (Lipinski definition) is 0. The fourth-order valence-electron chi connectivity index (χ4n) is 1.46. The van der Waals surface area contributed by atoms with Crippen LogP contribution in [0.3, 0.4) is 0 Å². The van der Waals surface area contributed by atoms with Crippen LogP contribution in [0.4, 0.5) is 0 Å². The molecule has 0 heterocycles. The molecule has 0 radical (unpaired) electrons. The predicted octanol–water partition coefficient (Wildman–Crippen LogP) is 4.23. The Bertz CT molecular complexity index is 308. The molecule has 0 amide bonds. The Morgan fingerprint density at radius 3 is 2.79 bits per heavy atom. The van der Waals surface area contributed by atoms with Gasteiger partial charge in [0.2, 0.25) is 0 Å². The van der Waals surface area contributed by atoms with Crippen LogP contribution in [0.25, 0.3) is 6.08 Å². The highest BCUT2D eigenvalue weighted by Gasteiger charge is 1.96. The van der Waals surface area contributed by atoms with E-state index in [4.69, 9.17) is 0 Å². The second kappa shape index (κ2) is 6.20. The van der Waals surface area contributed by atoms with Crippen LogP contribution in [0.2, 0.25) is 0 Å². The summed E-state index contributed by atoms with van der Waals surface area (Å²) in [6.07, 6.45) is 9.62. The molecule has 14 heavy (non-hydrogen) atoms. The van der Waals surface area contributed by atoms with Gasteiger partial charge in [-0.25, -0.2) is 0 Å². The minimum Gasteiger partial charge on any atom is -0.0991 e.